The predicted molar refractivity (Wildman–Crippen MR) is 72.6 cm³/mol. The minimum Gasteiger partial charge on any atom is -0.474 e. The first-order chi connectivity index (χ1) is 8.97. The van der Waals surface area contributed by atoms with Gasteiger partial charge in [-0.1, -0.05) is 20.8 Å². The maximum absolute atomic E-state index is 8.78. The number of hydrogen-bond donors (Lipinski definition) is 0. The summed E-state index contributed by atoms with van der Waals surface area (Å²) in [6.45, 7) is 7.11. The number of nitriles is 1. The Hall–Kier alpha value is -1.56. The Morgan fingerprint density at radius 2 is 2.16 bits per heavy atom. The van der Waals surface area contributed by atoms with E-state index in [0.29, 0.717) is 16.9 Å². The standard InChI is InChI=1S/C16H20N2O/c1-15(2)12-6-7-16(15,3)13(8-12)19-14-5-4-11(9-17)10-18-14/h4-5,10,12-13H,6-8H2,1-3H3. The molecular formula is C16H20N2O. The van der Waals surface area contributed by atoms with Gasteiger partial charge in [-0.2, -0.15) is 5.26 Å². The van der Waals surface area contributed by atoms with Crippen LogP contribution in [-0.2, 0) is 0 Å². The zero-order valence-electron chi connectivity index (χ0n) is 11.8. The maximum atomic E-state index is 8.78. The van der Waals surface area contributed by atoms with Crippen LogP contribution in [0.3, 0.4) is 0 Å². The van der Waals surface area contributed by atoms with Crippen LogP contribution in [0.1, 0.15) is 45.6 Å². The molecule has 3 unspecified atom stereocenters. The highest BCUT2D eigenvalue weighted by Gasteiger charge is 2.62. The summed E-state index contributed by atoms with van der Waals surface area (Å²) in [4.78, 5) is 4.23. The first kappa shape index (κ1) is 12.5. The van der Waals surface area contributed by atoms with E-state index in [1.807, 2.05) is 0 Å². The lowest BCUT2D eigenvalue weighted by molar-refractivity contribution is 0.0273. The number of hydrogen-bond acceptors (Lipinski definition) is 3. The van der Waals surface area contributed by atoms with E-state index in [9.17, 15) is 0 Å². The predicted octanol–water partition coefficient (Wildman–Crippen LogP) is 3.55. The van der Waals surface area contributed by atoms with Crippen LogP contribution in [0.2, 0.25) is 0 Å². The van der Waals surface area contributed by atoms with Crippen molar-refractivity contribution in [3.05, 3.63) is 23.9 Å². The van der Waals surface area contributed by atoms with Crippen LogP contribution in [0.5, 0.6) is 5.88 Å². The third kappa shape index (κ3) is 1.66. The number of fused-ring (bicyclic) bond motifs is 2. The molecule has 3 rings (SSSR count). The molecule has 0 aromatic carbocycles. The van der Waals surface area contributed by atoms with Crippen LogP contribution in [0.25, 0.3) is 0 Å². The summed E-state index contributed by atoms with van der Waals surface area (Å²) in [5.74, 6) is 1.41. The van der Waals surface area contributed by atoms with E-state index >= 15 is 0 Å². The summed E-state index contributed by atoms with van der Waals surface area (Å²) < 4.78 is 6.13. The molecule has 19 heavy (non-hydrogen) atoms. The van der Waals surface area contributed by atoms with Crippen molar-refractivity contribution in [2.75, 3.05) is 0 Å². The molecule has 2 aliphatic carbocycles. The number of rotatable bonds is 2. The fraction of sp³-hybridized carbons (Fsp3) is 0.625. The van der Waals surface area contributed by atoms with Gasteiger partial charge in [0.1, 0.15) is 12.2 Å². The van der Waals surface area contributed by atoms with Crippen molar-refractivity contribution in [2.24, 2.45) is 16.7 Å². The van der Waals surface area contributed by atoms with Crippen molar-refractivity contribution in [3.8, 4) is 11.9 Å². The molecule has 0 spiro atoms. The molecule has 0 saturated heterocycles. The molecular weight excluding hydrogens is 236 g/mol. The molecule has 3 atom stereocenters. The molecule has 1 aromatic rings. The fourth-order valence-electron chi connectivity index (χ4n) is 3.97. The van der Waals surface area contributed by atoms with Crippen LogP contribution in [-0.4, -0.2) is 11.1 Å². The molecule has 0 N–H and O–H groups in total. The average molecular weight is 256 g/mol. The first-order valence-electron chi connectivity index (χ1n) is 7.00. The quantitative estimate of drug-likeness (QED) is 0.813. The van der Waals surface area contributed by atoms with Gasteiger partial charge in [0.2, 0.25) is 5.88 Å². The van der Waals surface area contributed by atoms with Crippen LogP contribution >= 0.6 is 0 Å². The van der Waals surface area contributed by atoms with Gasteiger partial charge in [0.15, 0.2) is 0 Å². The van der Waals surface area contributed by atoms with Crippen molar-refractivity contribution in [1.29, 1.82) is 5.26 Å². The largest absolute Gasteiger partial charge is 0.474 e. The van der Waals surface area contributed by atoms with Gasteiger partial charge < -0.3 is 4.74 Å². The van der Waals surface area contributed by atoms with Crippen molar-refractivity contribution in [2.45, 2.75) is 46.1 Å². The summed E-state index contributed by atoms with van der Waals surface area (Å²) in [6, 6.07) is 5.65. The Balaban J connectivity index is 1.80. The molecule has 1 aromatic heterocycles. The van der Waals surface area contributed by atoms with Crippen LogP contribution in [0, 0.1) is 28.1 Å². The molecule has 3 nitrogen and oxygen atoms in total. The van der Waals surface area contributed by atoms with E-state index in [0.717, 1.165) is 12.3 Å². The lowest BCUT2D eigenvalue weighted by atomic mass is 9.70. The van der Waals surface area contributed by atoms with E-state index in [4.69, 9.17) is 10.00 Å². The first-order valence-corrected chi connectivity index (χ1v) is 7.00. The van der Waals surface area contributed by atoms with E-state index in [1.54, 1.807) is 18.3 Å². The molecule has 0 aliphatic heterocycles. The van der Waals surface area contributed by atoms with E-state index in [2.05, 4.69) is 31.8 Å². The number of pyridine rings is 1. The Morgan fingerprint density at radius 1 is 1.37 bits per heavy atom. The normalized spacial score (nSPS) is 35.1. The molecule has 3 heteroatoms. The average Bonchev–Trinajstić information content (AvgIpc) is 2.73. The van der Waals surface area contributed by atoms with Crippen LogP contribution < -0.4 is 4.74 Å². The summed E-state index contributed by atoms with van der Waals surface area (Å²) in [6.07, 6.45) is 5.53. The van der Waals surface area contributed by atoms with Gasteiger partial charge in [-0.25, -0.2) is 4.98 Å². The van der Waals surface area contributed by atoms with Gasteiger partial charge >= 0.3 is 0 Å². The minimum absolute atomic E-state index is 0.243. The number of ether oxygens (including phenoxy) is 1. The summed E-state index contributed by atoms with van der Waals surface area (Å²) in [7, 11) is 0. The summed E-state index contributed by atoms with van der Waals surface area (Å²) >= 11 is 0. The highest BCUT2D eigenvalue weighted by Crippen LogP contribution is 2.66. The van der Waals surface area contributed by atoms with Gasteiger partial charge in [0.25, 0.3) is 0 Å². The molecule has 2 aliphatic rings. The SMILES string of the molecule is CC1(C)C2CCC1(C)C(Oc1ccc(C#N)cn1)C2. The van der Waals surface area contributed by atoms with Crippen molar-refractivity contribution in [3.63, 3.8) is 0 Å². The third-order valence-electron chi connectivity index (χ3n) is 5.84. The summed E-state index contributed by atoms with van der Waals surface area (Å²) in [5.41, 5.74) is 1.17. The van der Waals surface area contributed by atoms with Gasteiger partial charge in [-0.05, 0) is 36.7 Å². The second kappa shape index (κ2) is 3.96. The minimum atomic E-state index is 0.243. The molecule has 0 radical (unpaired) electrons. The van der Waals surface area contributed by atoms with Crippen molar-refractivity contribution in [1.82, 2.24) is 4.98 Å². The molecule has 2 fully saturated rings. The highest BCUT2D eigenvalue weighted by molar-refractivity contribution is 5.28. The van der Waals surface area contributed by atoms with Gasteiger partial charge in [0.05, 0.1) is 5.56 Å². The molecule has 2 saturated carbocycles. The topological polar surface area (TPSA) is 45.9 Å². The molecule has 0 amide bonds. The zero-order chi connectivity index (χ0) is 13.7. The Morgan fingerprint density at radius 3 is 2.63 bits per heavy atom. The van der Waals surface area contributed by atoms with Crippen LogP contribution in [0.4, 0.5) is 0 Å². The van der Waals surface area contributed by atoms with E-state index in [1.165, 1.54) is 12.8 Å². The molecule has 100 valence electrons. The lowest BCUT2D eigenvalue weighted by Gasteiger charge is -2.38. The lowest BCUT2D eigenvalue weighted by Crippen LogP contribution is -2.39. The smallest absolute Gasteiger partial charge is 0.213 e. The second-order valence-corrected chi connectivity index (χ2v) is 6.71. The number of aromatic nitrogens is 1. The van der Waals surface area contributed by atoms with Gasteiger partial charge in [0, 0.05) is 17.7 Å². The third-order valence-corrected chi connectivity index (χ3v) is 5.84. The van der Waals surface area contributed by atoms with Crippen molar-refractivity contribution >= 4 is 0 Å². The van der Waals surface area contributed by atoms with Gasteiger partial charge in [-0.3, -0.25) is 0 Å². The zero-order valence-corrected chi connectivity index (χ0v) is 11.8. The van der Waals surface area contributed by atoms with Crippen molar-refractivity contribution < 1.29 is 4.74 Å². The Kier molecular flexibility index (Phi) is 2.60. The highest BCUT2D eigenvalue weighted by atomic mass is 16.5. The Bertz CT molecular complexity index is 529. The monoisotopic (exact) mass is 256 g/mol. The summed E-state index contributed by atoms with van der Waals surface area (Å²) in [5, 5.41) is 8.78. The van der Waals surface area contributed by atoms with Crippen LogP contribution in [0.15, 0.2) is 18.3 Å². The second-order valence-electron chi connectivity index (χ2n) is 6.71. The molecule has 1 heterocycles. The fourth-order valence-corrected chi connectivity index (χ4v) is 3.97. The Labute approximate surface area is 114 Å². The van der Waals surface area contributed by atoms with E-state index in [-0.39, 0.29) is 11.5 Å². The molecule has 2 bridgehead atoms. The van der Waals surface area contributed by atoms with E-state index < -0.39 is 0 Å². The number of nitrogens with zero attached hydrogens (tertiary/aromatic N) is 2. The van der Waals surface area contributed by atoms with Gasteiger partial charge in [-0.15, -0.1) is 0 Å². The maximum Gasteiger partial charge on any atom is 0.213 e.